The van der Waals surface area contributed by atoms with Crippen LogP contribution in [0.5, 0.6) is 0 Å². The number of nitro groups is 1. The van der Waals surface area contributed by atoms with Gasteiger partial charge in [-0.25, -0.2) is 0 Å². The molecule has 1 aromatic carbocycles. The van der Waals surface area contributed by atoms with Gasteiger partial charge in [0.25, 0.3) is 5.69 Å². The standard InChI is InChI=1S/C15H19N5O5/c21-13-9-18-15(23)12(19-14(22)8-16-5-6-17-13)7-10-1-3-11(4-2-10)20(24)25/h1-4,12,16H,5-9H2,(H,17,21)(H,18,23)(H,19,22). The van der Waals surface area contributed by atoms with E-state index in [4.69, 9.17) is 0 Å². The molecule has 1 aliphatic heterocycles. The van der Waals surface area contributed by atoms with Crippen molar-refractivity contribution in [3.63, 3.8) is 0 Å². The first-order chi connectivity index (χ1) is 12.0. The van der Waals surface area contributed by atoms with Crippen molar-refractivity contribution in [3.05, 3.63) is 39.9 Å². The van der Waals surface area contributed by atoms with Crippen molar-refractivity contribution in [2.75, 3.05) is 26.2 Å². The van der Waals surface area contributed by atoms with Crippen LogP contribution in [0, 0.1) is 10.1 Å². The summed E-state index contributed by atoms with van der Waals surface area (Å²) in [4.78, 5) is 45.9. The SMILES string of the molecule is O=C1CNC(=O)C(Cc2ccc([N+](=O)[O-])cc2)NC(=O)CNCCN1. The molecule has 10 nitrogen and oxygen atoms in total. The third kappa shape index (κ3) is 5.84. The van der Waals surface area contributed by atoms with Crippen LogP contribution in [0.1, 0.15) is 5.56 Å². The highest BCUT2D eigenvalue weighted by Gasteiger charge is 2.22. The van der Waals surface area contributed by atoms with E-state index in [1.54, 1.807) is 0 Å². The van der Waals surface area contributed by atoms with Gasteiger partial charge in [-0.1, -0.05) is 12.1 Å². The fourth-order valence-corrected chi connectivity index (χ4v) is 2.29. The van der Waals surface area contributed by atoms with Gasteiger partial charge in [0.15, 0.2) is 0 Å². The summed E-state index contributed by atoms with van der Waals surface area (Å²) >= 11 is 0. The minimum atomic E-state index is -0.886. The summed E-state index contributed by atoms with van der Waals surface area (Å²) in [5.41, 5.74) is 0.590. The average molecular weight is 349 g/mol. The lowest BCUT2D eigenvalue weighted by Gasteiger charge is -2.20. The summed E-state index contributed by atoms with van der Waals surface area (Å²) in [6, 6.07) is 4.83. The van der Waals surface area contributed by atoms with E-state index in [0.29, 0.717) is 18.7 Å². The molecule has 0 aromatic heterocycles. The molecule has 134 valence electrons. The number of benzene rings is 1. The van der Waals surface area contributed by atoms with E-state index >= 15 is 0 Å². The summed E-state index contributed by atoms with van der Waals surface area (Å²) in [5, 5.41) is 21.2. The largest absolute Gasteiger partial charge is 0.353 e. The molecule has 2 rings (SSSR count). The monoisotopic (exact) mass is 349 g/mol. The number of nitrogens with zero attached hydrogens (tertiary/aromatic N) is 1. The Morgan fingerprint density at radius 1 is 1.00 bits per heavy atom. The Balaban J connectivity index is 2.09. The number of hydrogen-bond donors (Lipinski definition) is 4. The zero-order valence-electron chi connectivity index (χ0n) is 13.4. The molecule has 0 radical (unpaired) electrons. The Kier molecular flexibility index (Phi) is 6.40. The van der Waals surface area contributed by atoms with Crippen LogP contribution in [0.3, 0.4) is 0 Å². The van der Waals surface area contributed by atoms with Crippen molar-refractivity contribution in [1.29, 1.82) is 0 Å². The molecule has 0 saturated carbocycles. The van der Waals surface area contributed by atoms with Gasteiger partial charge < -0.3 is 21.3 Å². The molecule has 1 aromatic rings. The van der Waals surface area contributed by atoms with Crippen LogP contribution < -0.4 is 21.3 Å². The first-order valence-corrected chi connectivity index (χ1v) is 7.73. The fourth-order valence-electron chi connectivity index (χ4n) is 2.29. The molecule has 0 aliphatic carbocycles. The molecule has 0 spiro atoms. The van der Waals surface area contributed by atoms with Gasteiger partial charge in [0.2, 0.25) is 17.7 Å². The second-order valence-corrected chi connectivity index (χ2v) is 5.49. The maximum absolute atomic E-state index is 12.3. The maximum atomic E-state index is 12.3. The van der Waals surface area contributed by atoms with Crippen LogP contribution in [0.4, 0.5) is 5.69 Å². The molecule has 1 fully saturated rings. The van der Waals surface area contributed by atoms with Gasteiger partial charge in [0.1, 0.15) is 6.04 Å². The molecule has 3 amide bonds. The van der Waals surface area contributed by atoms with Crippen molar-refractivity contribution >= 4 is 23.4 Å². The second kappa shape index (κ2) is 8.73. The lowest BCUT2D eigenvalue weighted by atomic mass is 10.0. The number of nitro benzene ring substituents is 1. The van der Waals surface area contributed by atoms with Crippen LogP contribution >= 0.6 is 0 Å². The van der Waals surface area contributed by atoms with E-state index in [9.17, 15) is 24.5 Å². The van der Waals surface area contributed by atoms with Crippen LogP contribution in [-0.4, -0.2) is 54.9 Å². The van der Waals surface area contributed by atoms with Gasteiger partial charge in [-0.2, -0.15) is 0 Å². The highest BCUT2D eigenvalue weighted by Crippen LogP contribution is 2.13. The summed E-state index contributed by atoms with van der Waals surface area (Å²) in [6.45, 7) is 0.611. The van der Waals surface area contributed by atoms with Gasteiger partial charge in [0, 0.05) is 31.6 Å². The highest BCUT2D eigenvalue weighted by molar-refractivity contribution is 5.91. The molecule has 1 saturated heterocycles. The fraction of sp³-hybridized carbons (Fsp3) is 0.400. The van der Waals surface area contributed by atoms with E-state index in [1.165, 1.54) is 24.3 Å². The van der Waals surface area contributed by atoms with Gasteiger partial charge in [0.05, 0.1) is 18.0 Å². The lowest BCUT2D eigenvalue weighted by Crippen LogP contribution is -2.53. The molecule has 1 heterocycles. The molecule has 1 aliphatic rings. The van der Waals surface area contributed by atoms with Crippen LogP contribution in [0.25, 0.3) is 0 Å². The number of non-ortho nitro benzene ring substituents is 1. The Hall–Kier alpha value is -3.01. The molecule has 25 heavy (non-hydrogen) atoms. The van der Waals surface area contributed by atoms with Crippen molar-refractivity contribution in [2.45, 2.75) is 12.5 Å². The quantitative estimate of drug-likeness (QED) is 0.385. The van der Waals surface area contributed by atoms with Crippen LogP contribution in [0.15, 0.2) is 24.3 Å². The first-order valence-electron chi connectivity index (χ1n) is 7.73. The van der Waals surface area contributed by atoms with Crippen LogP contribution in [-0.2, 0) is 20.8 Å². The molecule has 10 heteroatoms. The lowest BCUT2D eigenvalue weighted by molar-refractivity contribution is -0.384. The normalized spacial score (nSPS) is 19.7. The minimum absolute atomic E-state index is 0.0138. The number of nitrogens with one attached hydrogen (secondary N) is 4. The predicted octanol–water partition coefficient (Wildman–Crippen LogP) is -1.54. The molecular weight excluding hydrogens is 330 g/mol. The third-order valence-corrected chi connectivity index (χ3v) is 3.57. The molecule has 4 N–H and O–H groups in total. The van der Waals surface area contributed by atoms with E-state index in [2.05, 4.69) is 21.3 Å². The Bertz CT molecular complexity index is 661. The number of rotatable bonds is 3. The zero-order chi connectivity index (χ0) is 18.2. The minimum Gasteiger partial charge on any atom is -0.353 e. The topological polar surface area (TPSA) is 142 Å². The maximum Gasteiger partial charge on any atom is 0.269 e. The summed E-state index contributed by atoms with van der Waals surface area (Å²) < 4.78 is 0. The van der Waals surface area contributed by atoms with Gasteiger partial charge >= 0.3 is 0 Å². The van der Waals surface area contributed by atoms with E-state index in [0.717, 1.165) is 0 Å². The third-order valence-electron chi connectivity index (χ3n) is 3.57. The Morgan fingerprint density at radius 2 is 1.72 bits per heavy atom. The first kappa shape index (κ1) is 18.3. The van der Waals surface area contributed by atoms with Crippen molar-refractivity contribution in [3.8, 4) is 0 Å². The molecule has 0 bridgehead atoms. The Morgan fingerprint density at radius 3 is 2.40 bits per heavy atom. The second-order valence-electron chi connectivity index (χ2n) is 5.49. The van der Waals surface area contributed by atoms with Crippen molar-refractivity contribution < 1.29 is 19.3 Å². The summed E-state index contributed by atoms with van der Waals surface area (Å²) in [5.74, 6) is -1.17. The van der Waals surface area contributed by atoms with E-state index in [1.807, 2.05) is 0 Å². The highest BCUT2D eigenvalue weighted by atomic mass is 16.6. The van der Waals surface area contributed by atoms with Crippen molar-refractivity contribution in [2.24, 2.45) is 0 Å². The number of carbonyl (C=O) groups is 3. The smallest absolute Gasteiger partial charge is 0.269 e. The number of amides is 3. The Labute approximate surface area is 143 Å². The van der Waals surface area contributed by atoms with E-state index in [-0.39, 0.29) is 37.0 Å². The van der Waals surface area contributed by atoms with Crippen LogP contribution in [0.2, 0.25) is 0 Å². The van der Waals surface area contributed by atoms with E-state index < -0.39 is 16.9 Å². The number of carbonyl (C=O) groups excluding carboxylic acids is 3. The zero-order valence-corrected chi connectivity index (χ0v) is 13.4. The summed E-state index contributed by atoms with van der Waals surface area (Å²) in [6.07, 6.45) is 0.150. The predicted molar refractivity (Wildman–Crippen MR) is 87.6 cm³/mol. The molecule has 1 unspecified atom stereocenters. The van der Waals surface area contributed by atoms with Gasteiger partial charge in [-0.05, 0) is 5.56 Å². The van der Waals surface area contributed by atoms with Crippen molar-refractivity contribution in [1.82, 2.24) is 21.3 Å². The summed E-state index contributed by atoms with van der Waals surface area (Å²) in [7, 11) is 0. The average Bonchev–Trinajstić information content (AvgIpc) is 2.58. The van der Waals surface area contributed by atoms with Gasteiger partial charge in [-0.3, -0.25) is 24.5 Å². The molecule has 1 atom stereocenters. The van der Waals surface area contributed by atoms with Gasteiger partial charge in [-0.15, -0.1) is 0 Å². The molecular formula is C15H19N5O5. The number of hydrogen-bond acceptors (Lipinski definition) is 6.